The Kier molecular flexibility index (Phi) is 5.56. The van der Waals surface area contributed by atoms with Crippen LogP contribution in [0.4, 0.5) is 5.69 Å². The van der Waals surface area contributed by atoms with Crippen LogP contribution >= 0.6 is 0 Å². The van der Waals surface area contributed by atoms with Crippen molar-refractivity contribution >= 4 is 23.5 Å². The summed E-state index contributed by atoms with van der Waals surface area (Å²) in [4.78, 5) is 43.0. The number of hydrogen-bond acceptors (Lipinski definition) is 6. The molecule has 1 atom stereocenters. The molecule has 1 aromatic rings. The zero-order chi connectivity index (χ0) is 16.9. The van der Waals surface area contributed by atoms with Crippen molar-refractivity contribution in [3.63, 3.8) is 0 Å². The third-order valence-corrected chi connectivity index (χ3v) is 2.72. The largest absolute Gasteiger partial charge is 0.478 e. The summed E-state index contributed by atoms with van der Waals surface area (Å²) >= 11 is 0. The molecule has 0 fully saturated rings. The number of rotatable bonds is 7. The lowest BCUT2D eigenvalue weighted by Crippen LogP contribution is -2.28. The van der Waals surface area contributed by atoms with Crippen molar-refractivity contribution in [1.29, 1.82) is 0 Å². The minimum absolute atomic E-state index is 0.126. The van der Waals surface area contributed by atoms with Crippen molar-refractivity contribution in [3.8, 4) is 0 Å². The Bertz CT molecular complexity index is 627. The number of hydrogen-bond donors (Lipinski definition) is 2. The van der Waals surface area contributed by atoms with Gasteiger partial charge in [-0.25, -0.2) is 4.79 Å². The maximum atomic E-state index is 11.0. The van der Waals surface area contributed by atoms with E-state index in [9.17, 15) is 24.5 Å². The fourth-order valence-electron chi connectivity index (χ4n) is 1.84. The van der Waals surface area contributed by atoms with Gasteiger partial charge in [-0.15, -0.1) is 0 Å². The second-order valence-corrected chi connectivity index (χ2v) is 4.50. The molecule has 0 spiro atoms. The van der Waals surface area contributed by atoms with Crippen molar-refractivity contribution in [2.45, 2.75) is 25.9 Å². The molecule has 0 saturated heterocycles. The topological polar surface area (TPSA) is 150 Å². The highest BCUT2D eigenvalue weighted by molar-refractivity contribution is 5.78. The standard InChI is InChI=1S/C13H14N2O7/c1-7(16)22-11(13(18)19)5-8-2-3-9(6-12(14)17)10(4-8)15(20)21/h2-4,11H,5-6H2,1H3,(H2,14,17)(H,18,19)/t11-/m1/s1. The minimum atomic E-state index is -1.45. The van der Waals surface area contributed by atoms with E-state index in [1.54, 1.807) is 0 Å². The molecule has 0 saturated carbocycles. The molecule has 22 heavy (non-hydrogen) atoms. The molecule has 0 unspecified atom stereocenters. The van der Waals surface area contributed by atoms with Crippen molar-refractivity contribution in [2.75, 3.05) is 0 Å². The Morgan fingerprint density at radius 3 is 2.50 bits per heavy atom. The van der Waals surface area contributed by atoms with Crippen molar-refractivity contribution in [3.05, 3.63) is 39.4 Å². The Labute approximate surface area is 124 Å². The predicted molar refractivity (Wildman–Crippen MR) is 72.9 cm³/mol. The number of amides is 1. The van der Waals surface area contributed by atoms with Gasteiger partial charge < -0.3 is 15.6 Å². The van der Waals surface area contributed by atoms with Gasteiger partial charge in [0.05, 0.1) is 11.3 Å². The summed E-state index contributed by atoms with van der Waals surface area (Å²) < 4.78 is 4.63. The quantitative estimate of drug-likeness (QED) is 0.414. The number of carboxylic acids is 1. The number of nitrogens with zero attached hydrogens (tertiary/aromatic N) is 1. The van der Waals surface area contributed by atoms with Crippen LogP contribution in [0.3, 0.4) is 0 Å². The number of aliphatic carboxylic acids is 1. The van der Waals surface area contributed by atoms with Gasteiger partial charge in [-0.2, -0.15) is 0 Å². The lowest BCUT2D eigenvalue weighted by atomic mass is 10.0. The van der Waals surface area contributed by atoms with Gasteiger partial charge in [0.25, 0.3) is 5.69 Å². The zero-order valence-electron chi connectivity index (χ0n) is 11.6. The average molecular weight is 310 g/mol. The third-order valence-electron chi connectivity index (χ3n) is 2.72. The number of ether oxygens (including phenoxy) is 1. The fraction of sp³-hybridized carbons (Fsp3) is 0.308. The molecule has 0 aromatic heterocycles. The first-order valence-electron chi connectivity index (χ1n) is 6.15. The van der Waals surface area contributed by atoms with Crippen LogP contribution in [0.15, 0.2) is 18.2 Å². The van der Waals surface area contributed by atoms with E-state index in [4.69, 9.17) is 10.8 Å². The minimum Gasteiger partial charge on any atom is -0.478 e. The van der Waals surface area contributed by atoms with Crippen LogP contribution in [0.5, 0.6) is 0 Å². The molecule has 1 aromatic carbocycles. The summed E-state index contributed by atoms with van der Waals surface area (Å²) in [7, 11) is 0. The van der Waals surface area contributed by atoms with Crippen LogP contribution in [0.1, 0.15) is 18.1 Å². The van der Waals surface area contributed by atoms with Crippen molar-refractivity contribution < 1.29 is 29.2 Å². The first-order valence-corrected chi connectivity index (χ1v) is 6.15. The highest BCUT2D eigenvalue weighted by Crippen LogP contribution is 2.22. The Hall–Kier alpha value is -2.97. The first kappa shape index (κ1) is 17.1. The first-order chi connectivity index (χ1) is 10.2. The average Bonchev–Trinajstić information content (AvgIpc) is 2.38. The molecule has 118 valence electrons. The lowest BCUT2D eigenvalue weighted by Gasteiger charge is -2.12. The summed E-state index contributed by atoms with van der Waals surface area (Å²) in [5.74, 6) is -2.86. The molecule has 9 heteroatoms. The van der Waals surface area contributed by atoms with Crippen LogP contribution in [0.25, 0.3) is 0 Å². The smallest absolute Gasteiger partial charge is 0.345 e. The van der Waals surface area contributed by atoms with Gasteiger partial charge in [0, 0.05) is 25.0 Å². The predicted octanol–water partition coefficient (Wildman–Crippen LogP) is 0.181. The summed E-state index contributed by atoms with van der Waals surface area (Å²) in [6.45, 7) is 1.06. The summed E-state index contributed by atoms with van der Waals surface area (Å²) in [6, 6.07) is 3.88. The number of nitro groups is 1. The molecule has 0 aliphatic heterocycles. The van der Waals surface area contributed by atoms with Crippen LogP contribution < -0.4 is 5.73 Å². The van der Waals surface area contributed by atoms with E-state index in [1.165, 1.54) is 12.1 Å². The monoisotopic (exact) mass is 310 g/mol. The van der Waals surface area contributed by atoms with E-state index in [1.807, 2.05) is 0 Å². The molecule has 0 heterocycles. The summed E-state index contributed by atoms with van der Waals surface area (Å²) in [5.41, 5.74) is 5.08. The van der Waals surface area contributed by atoms with E-state index in [0.717, 1.165) is 13.0 Å². The van der Waals surface area contributed by atoms with Gasteiger partial charge in [0.1, 0.15) is 0 Å². The Morgan fingerprint density at radius 2 is 2.05 bits per heavy atom. The van der Waals surface area contributed by atoms with E-state index >= 15 is 0 Å². The number of primary amides is 1. The molecule has 1 amide bonds. The second-order valence-electron chi connectivity index (χ2n) is 4.50. The number of nitro benzene ring substituents is 1. The SMILES string of the molecule is CC(=O)O[C@H](Cc1ccc(CC(N)=O)c([N+](=O)[O-])c1)C(=O)O. The number of carboxylic acid groups (broad SMARTS) is 1. The van der Waals surface area contributed by atoms with Crippen LogP contribution in [-0.2, 0) is 32.0 Å². The van der Waals surface area contributed by atoms with Crippen LogP contribution in [0.2, 0.25) is 0 Å². The normalized spacial score (nSPS) is 11.5. The maximum absolute atomic E-state index is 11.0. The molecule has 3 N–H and O–H groups in total. The van der Waals surface area contributed by atoms with Crippen LogP contribution in [-0.4, -0.2) is 34.0 Å². The fourth-order valence-corrected chi connectivity index (χ4v) is 1.84. The number of esters is 1. The molecule has 1 rings (SSSR count). The molecule has 0 aliphatic rings. The van der Waals surface area contributed by atoms with E-state index in [2.05, 4.69) is 4.74 Å². The van der Waals surface area contributed by atoms with E-state index in [-0.39, 0.29) is 29.7 Å². The maximum Gasteiger partial charge on any atom is 0.345 e. The van der Waals surface area contributed by atoms with Gasteiger partial charge in [-0.3, -0.25) is 19.7 Å². The van der Waals surface area contributed by atoms with Gasteiger partial charge in [-0.05, 0) is 5.56 Å². The van der Waals surface area contributed by atoms with Gasteiger partial charge in [0.2, 0.25) is 12.0 Å². The van der Waals surface area contributed by atoms with Crippen LogP contribution in [0, 0.1) is 10.1 Å². The molecule has 9 nitrogen and oxygen atoms in total. The number of nitrogens with two attached hydrogens (primary N) is 1. The van der Waals surface area contributed by atoms with Crippen molar-refractivity contribution in [2.24, 2.45) is 5.73 Å². The van der Waals surface area contributed by atoms with Gasteiger partial charge in [-0.1, -0.05) is 12.1 Å². The molecular formula is C13H14N2O7. The van der Waals surface area contributed by atoms with Crippen molar-refractivity contribution in [1.82, 2.24) is 0 Å². The number of carbonyl (C=O) groups is 3. The lowest BCUT2D eigenvalue weighted by molar-refractivity contribution is -0.385. The summed E-state index contributed by atoms with van der Waals surface area (Å²) in [6.07, 6.45) is -1.98. The molecular weight excluding hydrogens is 296 g/mol. The highest BCUT2D eigenvalue weighted by atomic mass is 16.6. The zero-order valence-corrected chi connectivity index (χ0v) is 11.6. The highest BCUT2D eigenvalue weighted by Gasteiger charge is 2.23. The van der Waals surface area contributed by atoms with Gasteiger partial charge in [0.15, 0.2) is 0 Å². The second kappa shape index (κ2) is 7.16. The Balaban J connectivity index is 3.07. The Morgan fingerprint density at radius 1 is 1.41 bits per heavy atom. The molecule has 0 bridgehead atoms. The van der Waals surface area contributed by atoms with E-state index < -0.39 is 28.9 Å². The molecule has 0 aliphatic carbocycles. The molecule has 0 radical (unpaired) electrons. The third kappa shape index (κ3) is 4.85. The van der Waals surface area contributed by atoms with E-state index in [0.29, 0.717) is 0 Å². The summed E-state index contributed by atoms with van der Waals surface area (Å²) in [5, 5.41) is 20.0. The number of carbonyl (C=O) groups excluding carboxylic acids is 2. The van der Waals surface area contributed by atoms with Gasteiger partial charge >= 0.3 is 11.9 Å². The number of benzene rings is 1.